The van der Waals surface area contributed by atoms with Crippen LogP contribution in [0.15, 0.2) is 29.2 Å². The van der Waals surface area contributed by atoms with Crippen LogP contribution in [-0.4, -0.2) is 27.5 Å². The van der Waals surface area contributed by atoms with E-state index in [-0.39, 0.29) is 16.5 Å². The summed E-state index contributed by atoms with van der Waals surface area (Å²) in [5.41, 5.74) is 2.40. The van der Waals surface area contributed by atoms with Crippen molar-refractivity contribution in [1.82, 2.24) is 10.2 Å². The molecule has 2 N–H and O–H groups in total. The van der Waals surface area contributed by atoms with E-state index in [9.17, 15) is 13.2 Å². The van der Waals surface area contributed by atoms with E-state index in [2.05, 4.69) is 15.0 Å². The summed E-state index contributed by atoms with van der Waals surface area (Å²) in [4.78, 5) is 16.2. The molecule has 110 valence electrons. The summed E-state index contributed by atoms with van der Waals surface area (Å²) in [6.45, 7) is 0. The number of carbonyl (C=O) groups is 1. The Balaban J connectivity index is 2.18. The van der Waals surface area contributed by atoms with Gasteiger partial charge in [-0.15, -0.1) is 0 Å². The maximum Gasteiger partial charge on any atom is 0.274 e. The Morgan fingerprint density at radius 1 is 1.30 bits per heavy atom. The molecule has 1 aromatic carbocycles. The highest BCUT2D eigenvalue weighted by atomic mass is 32.2. The number of hydroxylamine groups is 1. The topological polar surface area (TPSA) is 84.5 Å². The smallest absolute Gasteiger partial charge is 0.274 e. The lowest BCUT2D eigenvalue weighted by Crippen LogP contribution is -2.32. The van der Waals surface area contributed by atoms with E-state index in [4.69, 9.17) is 0 Å². The van der Waals surface area contributed by atoms with Gasteiger partial charge in [-0.1, -0.05) is 18.9 Å². The van der Waals surface area contributed by atoms with Crippen molar-refractivity contribution in [3.05, 3.63) is 29.8 Å². The van der Waals surface area contributed by atoms with Crippen LogP contribution >= 0.6 is 0 Å². The quantitative estimate of drug-likeness (QED) is 0.800. The third-order valence-electron chi connectivity index (χ3n) is 3.28. The van der Waals surface area contributed by atoms with Crippen molar-refractivity contribution in [2.24, 2.45) is 0 Å². The average Bonchev–Trinajstić information content (AvgIpc) is 2.91. The Hall–Kier alpha value is -1.44. The predicted octanol–water partition coefficient (Wildman–Crippen LogP) is 1.20. The van der Waals surface area contributed by atoms with Crippen LogP contribution in [0.3, 0.4) is 0 Å². The summed E-state index contributed by atoms with van der Waals surface area (Å²) in [7, 11) is -2.27. The summed E-state index contributed by atoms with van der Waals surface area (Å²) < 4.78 is 27.2. The van der Waals surface area contributed by atoms with Crippen molar-refractivity contribution >= 4 is 15.9 Å². The van der Waals surface area contributed by atoms with Crippen LogP contribution in [0, 0.1) is 0 Å². The van der Waals surface area contributed by atoms with Gasteiger partial charge in [0.1, 0.15) is 0 Å². The Morgan fingerprint density at radius 3 is 2.65 bits per heavy atom. The fraction of sp³-hybridized carbons (Fsp3) is 0.462. The Morgan fingerprint density at radius 2 is 2.00 bits per heavy atom. The summed E-state index contributed by atoms with van der Waals surface area (Å²) in [6, 6.07) is 5.87. The second-order valence-corrected chi connectivity index (χ2v) is 6.48. The SMILES string of the molecule is CONC(=O)c1cccc(S(=O)(=O)NC2CCCC2)c1. The van der Waals surface area contributed by atoms with Gasteiger partial charge in [0, 0.05) is 11.6 Å². The van der Waals surface area contributed by atoms with E-state index in [1.54, 1.807) is 0 Å². The first-order valence-corrected chi connectivity index (χ1v) is 7.97. The number of hydrogen-bond acceptors (Lipinski definition) is 4. The van der Waals surface area contributed by atoms with Crippen LogP contribution in [0.4, 0.5) is 0 Å². The molecule has 6 nitrogen and oxygen atoms in total. The molecule has 0 bridgehead atoms. The van der Waals surface area contributed by atoms with E-state index in [1.807, 2.05) is 0 Å². The molecule has 0 aliphatic heterocycles. The van der Waals surface area contributed by atoms with Crippen LogP contribution in [-0.2, 0) is 14.9 Å². The molecule has 1 aliphatic carbocycles. The number of benzene rings is 1. The summed E-state index contributed by atoms with van der Waals surface area (Å²) in [6.07, 6.45) is 3.82. The minimum absolute atomic E-state index is 0.00328. The molecule has 0 aromatic heterocycles. The lowest BCUT2D eigenvalue weighted by Gasteiger charge is -2.13. The number of rotatable bonds is 5. The average molecular weight is 298 g/mol. The lowest BCUT2D eigenvalue weighted by molar-refractivity contribution is 0.0537. The van der Waals surface area contributed by atoms with Crippen molar-refractivity contribution in [1.29, 1.82) is 0 Å². The minimum Gasteiger partial charge on any atom is -0.277 e. The molecular weight excluding hydrogens is 280 g/mol. The zero-order valence-electron chi connectivity index (χ0n) is 11.3. The van der Waals surface area contributed by atoms with Gasteiger partial charge >= 0.3 is 0 Å². The molecule has 1 fully saturated rings. The van der Waals surface area contributed by atoms with Crippen LogP contribution in [0.1, 0.15) is 36.0 Å². The zero-order chi connectivity index (χ0) is 14.6. The van der Waals surface area contributed by atoms with Crippen molar-refractivity contribution in [3.63, 3.8) is 0 Å². The molecule has 0 heterocycles. The third-order valence-corrected chi connectivity index (χ3v) is 4.80. The molecule has 0 unspecified atom stereocenters. The second kappa shape index (κ2) is 6.34. The van der Waals surface area contributed by atoms with Crippen molar-refractivity contribution in [2.75, 3.05) is 7.11 Å². The second-order valence-electron chi connectivity index (χ2n) is 4.77. The van der Waals surface area contributed by atoms with Gasteiger partial charge in [0.05, 0.1) is 12.0 Å². The first-order chi connectivity index (χ1) is 9.53. The highest BCUT2D eigenvalue weighted by Crippen LogP contribution is 2.20. The van der Waals surface area contributed by atoms with E-state index >= 15 is 0 Å². The third kappa shape index (κ3) is 3.56. The molecule has 1 aliphatic rings. The number of nitrogens with one attached hydrogen (secondary N) is 2. The number of amides is 1. The van der Waals surface area contributed by atoms with Crippen molar-refractivity contribution in [3.8, 4) is 0 Å². The maximum atomic E-state index is 12.2. The molecule has 0 atom stereocenters. The summed E-state index contributed by atoms with van der Waals surface area (Å²) in [5.74, 6) is -0.481. The lowest BCUT2D eigenvalue weighted by atomic mass is 10.2. The normalized spacial score (nSPS) is 16.2. The minimum atomic E-state index is -3.59. The summed E-state index contributed by atoms with van der Waals surface area (Å²) in [5, 5.41) is 0. The monoisotopic (exact) mass is 298 g/mol. The Bertz CT molecular complexity index is 580. The van der Waals surface area contributed by atoms with Crippen LogP contribution in [0.2, 0.25) is 0 Å². The molecule has 2 rings (SSSR count). The molecule has 1 amide bonds. The summed E-state index contributed by atoms with van der Waals surface area (Å²) >= 11 is 0. The van der Waals surface area contributed by atoms with E-state index in [0.717, 1.165) is 25.7 Å². The molecule has 1 saturated carbocycles. The van der Waals surface area contributed by atoms with Crippen LogP contribution in [0.5, 0.6) is 0 Å². The first-order valence-electron chi connectivity index (χ1n) is 6.48. The van der Waals surface area contributed by atoms with E-state index in [1.165, 1.54) is 31.4 Å². The molecule has 0 spiro atoms. The molecular formula is C13H18N2O4S. The number of hydrogen-bond donors (Lipinski definition) is 2. The van der Waals surface area contributed by atoms with Crippen molar-refractivity contribution in [2.45, 2.75) is 36.6 Å². The van der Waals surface area contributed by atoms with Crippen LogP contribution < -0.4 is 10.2 Å². The van der Waals surface area contributed by atoms with Gasteiger partial charge in [0.15, 0.2) is 0 Å². The Kier molecular flexibility index (Phi) is 4.74. The standard InChI is InChI=1S/C13H18N2O4S/c1-19-14-13(16)10-5-4-8-12(9-10)20(17,18)15-11-6-2-3-7-11/h4-5,8-9,11,15H,2-3,6-7H2,1H3,(H,14,16). The maximum absolute atomic E-state index is 12.2. The number of carbonyl (C=O) groups excluding carboxylic acids is 1. The van der Waals surface area contributed by atoms with Gasteiger partial charge < -0.3 is 0 Å². The van der Waals surface area contributed by atoms with Gasteiger partial charge in [-0.25, -0.2) is 18.6 Å². The molecule has 7 heteroatoms. The van der Waals surface area contributed by atoms with Crippen LogP contribution in [0.25, 0.3) is 0 Å². The van der Waals surface area contributed by atoms with E-state index in [0.29, 0.717) is 0 Å². The fourth-order valence-corrected chi connectivity index (χ4v) is 3.64. The fourth-order valence-electron chi connectivity index (χ4n) is 2.29. The number of sulfonamides is 1. The zero-order valence-corrected chi connectivity index (χ0v) is 12.1. The van der Waals surface area contributed by atoms with Crippen molar-refractivity contribution < 1.29 is 18.0 Å². The molecule has 0 saturated heterocycles. The highest BCUT2D eigenvalue weighted by Gasteiger charge is 2.23. The van der Waals surface area contributed by atoms with Gasteiger partial charge in [0.2, 0.25) is 10.0 Å². The molecule has 0 radical (unpaired) electrons. The van der Waals surface area contributed by atoms with Gasteiger partial charge in [-0.05, 0) is 31.0 Å². The predicted molar refractivity (Wildman–Crippen MR) is 73.5 cm³/mol. The molecule has 1 aromatic rings. The van der Waals surface area contributed by atoms with Gasteiger partial charge in [-0.2, -0.15) is 0 Å². The highest BCUT2D eigenvalue weighted by molar-refractivity contribution is 7.89. The van der Waals surface area contributed by atoms with E-state index < -0.39 is 15.9 Å². The van der Waals surface area contributed by atoms with Gasteiger partial charge in [0.25, 0.3) is 5.91 Å². The first kappa shape index (κ1) is 15.0. The van der Waals surface area contributed by atoms with Gasteiger partial charge in [-0.3, -0.25) is 9.63 Å². The largest absolute Gasteiger partial charge is 0.277 e. The molecule has 20 heavy (non-hydrogen) atoms. The Labute approximate surface area is 118 Å².